The van der Waals surface area contributed by atoms with Crippen LogP contribution < -0.4 is 10.6 Å². The van der Waals surface area contributed by atoms with Crippen molar-refractivity contribution in [2.24, 2.45) is 4.99 Å². The topological polar surface area (TPSA) is 49.6 Å². The molecule has 2 N–H and O–H groups in total. The van der Waals surface area contributed by atoms with E-state index in [0.717, 1.165) is 37.4 Å². The number of aliphatic imine (C=N–C) groups is 1. The number of rotatable bonds is 6. The van der Waals surface area contributed by atoms with Gasteiger partial charge in [-0.2, -0.15) is 0 Å². The minimum atomic E-state index is 0. The summed E-state index contributed by atoms with van der Waals surface area (Å²) < 4.78 is 5.36. The van der Waals surface area contributed by atoms with E-state index >= 15 is 0 Å². The Morgan fingerprint density at radius 2 is 2.08 bits per heavy atom. The molecule has 0 saturated heterocycles. The molecule has 4 nitrogen and oxygen atoms in total. The molecule has 1 aromatic heterocycles. The predicted octanol–water partition coefficient (Wildman–Crippen LogP) is 3.72. The Bertz CT molecular complexity index is 682. The highest BCUT2D eigenvalue weighted by atomic mass is 127. The highest BCUT2D eigenvalue weighted by Gasteiger charge is 2.18. The van der Waals surface area contributed by atoms with E-state index in [9.17, 15) is 0 Å². The minimum absolute atomic E-state index is 0. The molecule has 0 spiro atoms. The van der Waals surface area contributed by atoms with Gasteiger partial charge in [0.05, 0.1) is 6.26 Å². The number of fused-ring (bicyclic) bond motifs is 1. The van der Waals surface area contributed by atoms with Crippen LogP contribution >= 0.6 is 24.0 Å². The predicted molar refractivity (Wildman–Crippen MR) is 114 cm³/mol. The average Bonchev–Trinajstić information content (AvgIpc) is 3.13. The van der Waals surface area contributed by atoms with Gasteiger partial charge < -0.3 is 15.1 Å². The first-order valence-corrected chi connectivity index (χ1v) is 8.60. The maximum Gasteiger partial charge on any atom is 0.191 e. The van der Waals surface area contributed by atoms with Gasteiger partial charge in [-0.15, -0.1) is 30.6 Å². The van der Waals surface area contributed by atoms with Crippen LogP contribution in [0.3, 0.4) is 0 Å². The van der Waals surface area contributed by atoms with Crippen molar-refractivity contribution in [3.8, 4) is 0 Å². The monoisotopic (exact) mass is 451 g/mol. The minimum Gasteiger partial charge on any atom is -0.469 e. The van der Waals surface area contributed by atoms with Crippen LogP contribution in [0.2, 0.25) is 0 Å². The Kier molecular flexibility index (Phi) is 8.04. The summed E-state index contributed by atoms with van der Waals surface area (Å²) in [6.45, 7) is 5.17. The molecule has 0 bridgehead atoms. The summed E-state index contributed by atoms with van der Waals surface area (Å²) in [5.74, 6) is 1.82. The van der Waals surface area contributed by atoms with Crippen molar-refractivity contribution >= 4 is 29.9 Å². The lowest BCUT2D eigenvalue weighted by Gasteiger charge is -2.27. The first kappa shape index (κ1) is 19.6. The van der Waals surface area contributed by atoms with Crippen molar-refractivity contribution in [2.45, 2.75) is 31.7 Å². The molecule has 0 amide bonds. The summed E-state index contributed by atoms with van der Waals surface area (Å²) in [4.78, 5) is 4.67. The fourth-order valence-electron chi connectivity index (χ4n) is 3.07. The van der Waals surface area contributed by atoms with Crippen LogP contribution in [0, 0.1) is 0 Å². The lowest BCUT2D eigenvalue weighted by atomic mass is 9.88. The van der Waals surface area contributed by atoms with Gasteiger partial charge in [-0.25, -0.2) is 0 Å². The Hall–Kier alpha value is -1.76. The molecule has 2 aromatic rings. The molecule has 134 valence electrons. The van der Waals surface area contributed by atoms with Crippen molar-refractivity contribution in [1.82, 2.24) is 10.6 Å². The third kappa shape index (κ3) is 5.92. The number of nitrogens with one attached hydrogen (secondary N) is 2. The molecule has 1 aromatic carbocycles. The Labute approximate surface area is 166 Å². The van der Waals surface area contributed by atoms with E-state index in [1.54, 1.807) is 6.26 Å². The normalized spacial score (nSPS) is 16.5. The number of hydrogen-bond donors (Lipinski definition) is 2. The summed E-state index contributed by atoms with van der Waals surface area (Å²) in [5.41, 5.74) is 2.92. The van der Waals surface area contributed by atoms with E-state index in [0.29, 0.717) is 19.1 Å². The summed E-state index contributed by atoms with van der Waals surface area (Å²) in [7, 11) is 0. The standard InChI is InChI=1S/C20H25N3O.HI/c1-2-12-21-20(22-13-11-19-8-5-14-24-19)23-18-10-9-16-6-3-4-7-17(16)15-18;/h2-8,14,18H,1,9-13,15H2,(H2,21,22,23);1H. The maximum absolute atomic E-state index is 5.36. The SMILES string of the molecule is C=CCNC(=NCCc1ccco1)NC1CCc2ccccc2C1.I. The van der Waals surface area contributed by atoms with Gasteiger partial charge in [-0.1, -0.05) is 30.3 Å². The van der Waals surface area contributed by atoms with Crippen LogP contribution in [0.1, 0.15) is 23.3 Å². The highest BCUT2D eigenvalue weighted by Crippen LogP contribution is 2.20. The van der Waals surface area contributed by atoms with Gasteiger partial charge in [0.15, 0.2) is 5.96 Å². The van der Waals surface area contributed by atoms with E-state index in [-0.39, 0.29) is 24.0 Å². The first-order valence-electron chi connectivity index (χ1n) is 8.60. The van der Waals surface area contributed by atoms with E-state index in [1.165, 1.54) is 11.1 Å². The number of aryl methyl sites for hydroxylation is 1. The smallest absolute Gasteiger partial charge is 0.191 e. The van der Waals surface area contributed by atoms with Gasteiger partial charge in [-0.05, 0) is 42.5 Å². The second kappa shape index (κ2) is 10.3. The quantitative estimate of drug-likeness (QED) is 0.305. The zero-order valence-electron chi connectivity index (χ0n) is 14.4. The lowest BCUT2D eigenvalue weighted by molar-refractivity contribution is 0.508. The maximum atomic E-state index is 5.36. The summed E-state index contributed by atoms with van der Waals surface area (Å²) in [5, 5.41) is 6.88. The zero-order chi connectivity index (χ0) is 16.6. The van der Waals surface area contributed by atoms with Crippen LogP contribution in [0.5, 0.6) is 0 Å². The molecule has 1 aliphatic rings. The van der Waals surface area contributed by atoms with Crippen molar-refractivity contribution in [1.29, 1.82) is 0 Å². The second-order valence-electron chi connectivity index (χ2n) is 6.08. The lowest BCUT2D eigenvalue weighted by Crippen LogP contribution is -2.45. The third-order valence-corrected chi connectivity index (χ3v) is 4.31. The number of hydrogen-bond acceptors (Lipinski definition) is 2. The molecule has 25 heavy (non-hydrogen) atoms. The molecule has 0 saturated carbocycles. The van der Waals surface area contributed by atoms with Gasteiger partial charge in [0.2, 0.25) is 0 Å². The summed E-state index contributed by atoms with van der Waals surface area (Å²) in [6, 6.07) is 13.0. The number of benzene rings is 1. The van der Waals surface area contributed by atoms with Crippen LogP contribution in [0.15, 0.2) is 64.7 Å². The molecule has 1 unspecified atom stereocenters. The van der Waals surface area contributed by atoms with Crippen molar-refractivity contribution < 1.29 is 4.42 Å². The Balaban J connectivity index is 0.00000225. The Morgan fingerprint density at radius 3 is 2.84 bits per heavy atom. The average molecular weight is 451 g/mol. The van der Waals surface area contributed by atoms with Crippen molar-refractivity contribution in [3.63, 3.8) is 0 Å². The molecule has 5 heteroatoms. The Morgan fingerprint density at radius 1 is 1.24 bits per heavy atom. The van der Waals surface area contributed by atoms with Crippen LogP contribution in [0.4, 0.5) is 0 Å². The van der Waals surface area contributed by atoms with Crippen LogP contribution in [0.25, 0.3) is 0 Å². The first-order chi connectivity index (χ1) is 11.8. The molecule has 0 radical (unpaired) electrons. The van der Waals surface area contributed by atoms with Gasteiger partial charge in [0.1, 0.15) is 5.76 Å². The molecule has 0 fully saturated rings. The van der Waals surface area contributed by atoms with E-state index in [4.69, 9.17) is 4.42 Å². The fraction of sp³-hybridized carbons (Fsp3) is 0.350. The van der Waals surface area contributed by atoms with Gasteiger partial charge in [0.25, 0.3) is 0 Å². The van der Waals surface area contributed by atoms with Gasteiger partial charge in [0, 0.05) is 25.6 Å². The summed E-state index contributed by atoms with van der Waals surface area (Å²) >= 11 is 0. The molecule has 0 aliphatic heterocycles. The zero-order valence-corrected chi connectivity index (χ0v) is 16.7. The number of guanidine groups is 1. The molecule has 1 atom stereocenters. The van der Waals surface area contributed by atoms with Gasteiger partial charge >= 0.3 is 0 Å². The molecule has 1 aliphatic carbocycles. The molecular formula is C20H26IN3O. The molecule has 1 heterocycles. The van der Waals surface area contributed by atoms with Crippen molar-refractivity contribution in [2.75, 3.05) is 13.1 Å². The highest BCUT2D eigenvalue weighted by molar-refractivity contribution is 14.0. The summed E-state index contributed by atoms with van der Waals surface area (Å²) in [6.07, 6.45) is 7.65. The second-order valence-corrected chi connectivity index (χ2v) is 6.08. The third-order valence-electron chi connectivity index (χ3n) is 4.31. The molecular weight excluding hydrogens is 425 g/mol. The van der Waals surface area contributed by atoms with Crippen LogP contribution in [-0.4, -0.2) is 25.1 Å². The van der Waals surface area contributed by atoms with Gasteiger partial charge in [-0.3, -0.25) is 4.99 Å². The largest absolute Gasteiger partial charge is 0.469 e. The van der Waals surface area contributed by atoms with Crippen LogP contribution in [-0.2, 0) is 19.3 Å². The number of furan rings is 1. The fourth-order valence-corrected chi connectivity index (χ4v) is 3.07. The van der Waals surface area contributed by atoms with E-state index in [1.807, 2.05) is 18.2 Å². The van der Waals surface area contributed by atoms with E-state index in [2.05, 4.69) is 46.5 Å². The van der Waals surface area contributed by atoms with Crippen molar-refractivity contribution in [3.05, 3.63) is 72.2 Å². The number of nitrogens with zero attached hydrogens (tertiary/aromatic N) is 1. The molecule has 3 rings (SSSR count). The van der Waals surface area contributed by atoms with E-state index < -0.39 is 0 Å². The number of halogens is 1.